The predicted octanol–water partition coefficient (Wildman–Crippen LogP) is 2.14. The first kappa shape index (κ1) is 15.8. The van der Waals surface area contributed by atoms with Gasteiger partial charge in [-0.15, -0.1) is 0 Å². The van der Waals surface area contributed by atoms with Gasteiger partial charge in [-0.2, -0.15) is 0 Å². The number of carbonyl (C=O) groups is 1. The Balaban J connectivity index is 2.26. The standard InChI is InChI=1S/C11H9ClFN3O3S2/c1-5-10(21(14,18)19)20-11(15-5)16-9(17)6-2-3-7(12)8(13)4-6/h2-4H,1H3,(H2,14,18,19)(H,15,16,17). The highest BCUT2D eigenvalue weighted by Crippen LogP contribution is 2.26. The maximum absolute atomic E-state index is 13.3. The summed E-state index contributed by atoms with van der Waals surface area (Å²) in [5.74, 6) is -1.37. The summed E-state index contributed by atoms with van der Waals surface area (Å²) in [5.41, 5.74) is 0.210. The fourth-order valence-electron chi connectivity index (χ4n) is 1.51. The number of amides is 1. The molecule has 0 aliphatic heterocycles. The number of aryl methyl sites for hydroxylation is 1. The van der Waals surface area contributed by atoms with Crippen molar-refractivity contribution in [1.82, 2.24) is 4.98 Å². The van der Waals surface area contributed by atoms with Crippen LogP contribution in [-0.2, 0) is 10.0 Å². The first-order valence-corrected chi connectivity index (χ1v) is 8.19. The molecule has 2 rings (SSSR count). The van der Waals surface area contributed by atoms with Crippen molar-refractivity contribution in [2.24, 2.45) is 5.14 Å². The Bertz CT molecular complexity index is 820. The first-order chi connectivity index (χ1) is 9.68. The number of hydrogen-bond acceptors (Lipinski definition) is 5. The highest BCUT2D eigenvalue weighted by atomic mass is 35.5. The number of benzene rings is 1. The van der Waals surface area contributed by atoms with Crippen LogP contribution in [0, 0.1) is 12.7 Å². The predicted molar refractivity (Wildman–Crippen MR) is 77.6 cm³/mol. The molecule has 10 heteroatoms. The molecule has 0 aliphatic carbocycles. The fraction of sp³-hybridized carbons (Fsp3) is 0.0909. The lowest BCUT2D eigenvalue weighted by atomic mass is 10.2. The molecule has 0 fully saturated rings. The second-order valence-corrected chi connectivity index (χ2v) is 7.18. The Morgan fingerprint density at radius 2 is 2.14 bits per heavy atom. The van der Waals surface area contributed by atoms with Gasteiger partial charge < -0.3 is 0 Å². The molecule has 112 valence electrons. The third-order valence-corrected chi connectivity index (χ3v) is 5.35. The molecule has 0 radical (unpaired) electrons. The zero-order valence-corrected chi connectivity index (χ0v) is 12.9. The van der Waals surface area contributed by atoms with E-state index in [9.17, 15) is 17.6 Å². The highest BCUT2D eigenvalue weighted by molar-refractivity contribution is 7.91. The van der Waals surface area contributed by atoms with Gasteiger partial charge in [-0.1, -0.05) is 22.9 Å². The largest absolute Gasteiger partial charge is 0.298 e. The smallest absolute Gasteiger partial charge is 0.257 e. The zero-order valence-electron chi connectivity index (χ0n) is 10.6. The van der Waals surface area contributed by atoms with Gasteiger partial charge in [-0.25, -0.2) is 22.9 Å². The third kappa shape index (κ3) is 3.56. The van der Waals surface area contributed by atoms with Gasteiger partial charge in [0, 0.05) is 5.56 Å². The molecule has 2 aromatic rings. The summed E-state index contributed by atoms with van der Waals surface area (Å²) in [6.07, 6.45) is 0. The van der Waals surface area contributed by atoms with Gasteiger partial charge in [-0.05, 0) is 25.1 Å². The van der Waals surface area contributed by atoms with Gasteiger partial charge >= 0.3 is 0 Å². The molecule has 6 nitrogen and oxygen atoms in total. The van der Waals surface area contributed by atoms with Crippen LogP contribution in [0.25, 0.3) is 0 Å². The Kier molecular flexibility index (Phi) is 4.28. The number of carbonyl (C=O) groups excluding carboxylic acids is 1. The van der Waals surface area contributed by atoms with Crippen LogP contribution in [0.4, 0.5) is 9.52 Å². The molecule has 3 N–H and O–H groups in total. The van der Waals surface area contributed by atoms with E-state index in [0.29, 0.717) is 0 Å². The van der Waals surface area contributed by atoms with Crippen molar-refractivity contribution in [3.05, 3.63) is 40.3 Å². The van der Waals surface area contributed by atoms with Crippen molar-refractivity contribution in [3.8, 4) is 0 Å². The summed E-state index contributed by atoms with van der Waals surface area (Å²) in [7, 11) is -3.90. The van der Waals surface area contributed by atoms with E-state index in [0.717, 1.165) is 17.4 Å². The van der Waals surface area contributed by atoms with Crippen molar-refractivity contribution < 1.29 is 17.6 Å². The molecule has 0 saturated carbocycles. The quantitative estimate of drug-likeness (QED) is 0.886. The van der Waals surface area contributed by atoms with Gasteiger partial charge in [0.1, 0.15) is 5.82 Å². The lowest BCUT2D eigenvalue weighted by molar-refractivity contribution is 0.102. The van der Waals surface area contributed by atoms with Crippen LogP contribution in [0.5, 0.6) is 0 Å². The minimum atomic E-state index is -3.90. The van der Waals surface area contributed by atoms with E-state index < -0.39 is 21.7 Å². The Morgan fingerprint density at radius 1 is 1.48 bits per heavy atom. The van der Waals surface area contributed by atoms with Crippen LogP contribution < -0.4 is 10.5 Å². The molecule has 1 heterocycles. The van der Waals surface area contributed by atoms with E-state index in [1.54, 1.807) is 0 Å². The van der Waals surface area contributed by atoms with E-state index >= 15 is 0 Å². The van der Waals surface area contributed by atoms with Crippen LogP contribution in [0.3, 0.4) is 0 Å². The lowest BCUT2D eigenvalue weighted by Crippen LogP contribution is -2.12. The topological polar surface area (TPSA) is 102 Å². The summed E-state index contributed by atoms with van der Waals surface area (Å²) < 4.78 is 35.7. The molecular formula is C11H9ClFN3O3S2. The summed E-state index contributed by atoms with van der Waals surface area (Å²) in [6.45, 7) is 1.45. The van der Waals surface area contributed by atoms with Crippen LogP contribution in [0.2, 0.25) is 5.02 Å². The number of nitrogens with two attached hydrogens (primary N) is 1. The number of nitrogens with one attached hydrogen (secondary N) is 1. The van der Waals surface area contributed by atoms with Gasteiger partial charge in [0.25, 0.3) is 5.91 Å². The number of rotatable bonds is 3. The van der Waals surface area contributed by atoms with Crippen LogP contribution in [0.15, 0.2) is 22.4 Å². The third-order valence-electron chi connectivity index (χ3n) is 2.41. The van der Waals surface area contributed by atoms with Crippen molar-refractivity contribution >= 4 is 44.0 Å². The number of primary sulfonamides is 1. The number of thiazole rings is 1. The summed E-state index contributed by atoms with van der Waals surface area (Å²) in [6, 6.07) is 3.55. The average Bonchev–Trinajstić information content (AvgIpc) is 2.73. The van der Waals surface area contributed by atoms with Crippen molar-refractivity contribution in [2.45, 2.75) is 11.1 Å². The molecular weight excluding hydrogens is 341 g/mol. The number of nitrogens with zero attached hydrogens (tertiary/aromatic N) is 1. The first-order valence-electron chi connectivity index (χ1n) is 5.45. The van der Waals surface area contributed by atoms with Crippen LogP contribution >= 0.6 is 22.9 Å². The second-order valence-electron chi connectivity index (χ2n) is 4.02. The monoisotopic (exact) mass is 349 g/mol. The summed E-state index contributed by atoms with van der Waals surface area (Å²) in [4.78, 5) is 15.8. The number of sulfonamides is 1. The number of hydrogen-bond donors (Lipinski definition) is 2. The molecule has 0 bridgehead atoms. The van der Waals surface area contributed by atoms with Gasteiger partial charge in [0.05, 0.1) is 10.7 Å². The minimum absolute atomic E-state index is 0.0295. The number of halogens is 2. The molecule has 1 aromatic carbocycles. The minimum Gasteiger partial charge on any atom is -0.298 e. The van der Waals surface area contributed by atoms with Gasteiger partial charge in [0.15, 0.2) is 9.34 Å². The Labute approximate surface area is 128 Å². The Morgan fingerprint density at radius 3 is 2.67 bits per heavy atom. The SMILES string of the molecule is Cc1nc(NC(=O)c2ccc(Cl)c(F)c2)sc1S(N)(=O)=O. The molecule has 0 aliphatic rings. The van der Waals surface area contributed by atoms with E-state index in [1.165, 1.54) is 19.1 Å². The number of aromatic nitrogens is 1. The van der Waals surface area contributed by atoms with Crippen LogP contribution in [0.1, 0.15) is 16.1 Å². The highest BCUT2D eigenvalue weighted by Gasteiger charge is 2.19. The van der Waals surface area contributed by atoms with Crippen molar-refractivity contribution in [2.75, 3.05) is 5.32 Å². The van der Waals surface area contributed by atoms with E-state index in [1.807, 2.05) is 0 Å². The maximum atomic E-state index is 13.3. The summed E-state index contributed by atoms with van der Waals surface area (Å²) >= 11 is 6.24. The average molecular weight is 350 g/mol. The maximum Gasteiger partial charge on any atom is 0.257 e. The lowest BCUT2D eigenvalue weighted by Gasteiger charge is -2.02. The molecule has 1 aromatic heterocycles. The van der Waals surface area contributed by atoms with E-state index in [4.69, 9.17) is 16.7 Å². The zero-order chi connectivity index (χ0) is 15.8. The van der Waals surface area contributed by atoms with Crippen LogP contribution in [-0.4, -0.2) is 19.3 Å². The van der Waals surface area contributed by atoms with E-state index in [-0.39, 0.29) is 25.6 Å². The molecule has 0 saturated heterocycles. The summed E-state index contributed by atoms with van der Waals surface area (Å²) in [5, 5.41) is 7.34. The van der Waals surface area contributed by atoms with E-state index in [2.05, 4.69) is 10.3 Å². The fourth-order valence-corrected chi connectivity index (χ4v) is 3.48. The molecule has 0 atom stereocenters. The van der Waals surface area contributed by atoms with Gasteiger partial charge in [-0.3, -0.25) is 10.1 Å². The van der Waals surface area contributed by atoms with Crippen molar-refractivity contribution in [3.63, 3.8) is 0 Å². The van der Waals surface area contributed by atoms with Crippen molar-refractivity contribution in [1.29, 1.82) is 0 Å². The second kappa shape index (κ2) is 5.68. The Hall–Kier alpha value is -1.55. The molecule has 1 amide bonds. The normalized spacial score (nSPS) is 11.4. The molecule has 0 unspecified atom stereocenters. The molecule has 21 heavy (non-hydrogen) atoms. The van der Waals surface area contributed by atoms with Gasteiger partial charge in [0.2, 0.25) is 10.0 Å². The number of anilines is 1. The molecule has 0 spiro atoms.